The molecule has 0 amide bonds. The minimum absolute atomic E-state index is 0. The van der Waals surface area contributed by atoms with Gasteiger partial charge in [0.05, 0.1) is 17.6 Å². The highest BCUT2D eigenvalue weighted by molar-refractivity contribution is 14.0. The number of aromatic nitrogens is 2. The number of nitrogens with zero attached hydrogens (tertiary/aromatic N) is 2. The lowest BCUT2D eigenvalue weighted by molar-refractivity contribution is 0.727. The molecule has 0 aliphatic heterocycles. The number of hydrogen-bond donors (Lipinski definition) is 3. The van der Waals surface area contributed by atoms with Gasteiger partial charge in [-0.2, -0.15) is 0 Å². The summed E-state index contributed by atoms with van der Waals surface area (Å²) in [4.78, 5) is 13.5. The molecule has 0 fully saturated rings. The van der Waals surface area contributed by atoms with Gasteiger partial charge < -0.3 is 15.6 Å². The number of benzene rings is 1. The first kappa shape index (κ1) is 18.7. The fourth-order valence-corrected chi connectivity index (χ4v) is 3.04. The Hall–Kier alpha value is -1.61. The highest BCUT2D eigenvalue weighted by Gasteiger charge is 2.02. The number of aromatic amines is 1. The fourth-order valence-electron chi connectivity index (χ4n) is 2.39. The van der Waals surface area contributed by atoms with Gasteiger partial charge in [0.25, 0.3) is 0 Å². The van der Waals surface area contributed by atoms with Crippen LogP contribution in [-0.2, 0) is 13.0 Å². The van der Waals surface area contributed by atoms with Crippen molar-refractivity contribution in [1.82, 2.24) is 20.6 Å². The maximum atomic E-state index is 4.59. The number of thiophene rings is 1. The van der Waals surface area contributed by atoms with Crippen molar-refractivity contribution in [3.8, 4) is 0 Å². The molecule has 7 heteroatoms. The average molecular weight is 455 g/mol. The quantitative estimate of drug-likeness (QED) is 0.231. The number of guanidine groups is 1. The van der Waals surface area contributed by atoms with Crippen molar-refractivity contribution in [1.29, 1.82) is 0 Å². The molecule has 0 bridgehead atoms. The van der Waals surface area contributed by atoms with Crippen molar-refractivity contribution < 1.29 is 0 Å². The summed E-state index contributed by atoms with van der Waals surface area (Å²) in [6, 6.07) is 12.3. The number of imidazole rings is 1. The van der Waals surface area contributed by atoms with Crippen LogP contribution in [0.25, 0.3) is 11.0 Å². The highest BCUT2D eigenvalue weighted by Crippen LogP contribution is 2.11. The van der Waals surface area contributed by atoms with Gasteiger partial charge in [0.2, 0.25) is 0 Å². The lowest BCUT2D eigenvalue weighted by Gasteiger charge is -2.10. The molecule has 0 spiro atoms. The van der Waals surface area contributed by atoms with Crippen molar-refractivity contribution in [2.75, 3.05) is 13.6 Å². The summed E-state index contributed by atoms with van der Waals surface area (Å²) in [5.74, 6) is 1.87. The molecule has 3 aromatic rings. The van der Waals surface area contributed by atoms with E-state index < -0.39 is 0 Å². The van der Waals surface area contributed by atoms with E-state index in [1.165, 1.54) is 4.88 Å². The largest absolute Gasteiger partial charge is 0.356 e. The van der Waals surface area contributed by atoms with Crippen LogP contribution in [0.15, 0.2) is 46.8 Å². The van der Waals surface area contributed by atoms with Crippen molar-refractivity contribution in [3.05, 3.63) is 52.5 Å². The van der Waals surface area contributed by atoms with Crippen molar-refractivity contribution in [2.24, 2.45) is 4.99 Å². The molecule has 24 heavy (non-hydrogen) atoms. The number of para-hydroxylation sites is 2. The zero-order chi connectivity index (χ0) is 15.9. The Labute approximate surface area is 163 Å². The first-order valence-corrected chi connectivity index (χ1v) is 8.63. The standard InChI is InChI=1S/C17H21N5S.HI/c1-18-17(20-12-13-6-5-11-23-13)19-10-4-9-16-21-14-7-2-3-8-15(14)22-16;/h2-3,5-8,11H,4,9-10,12H2,1H3,(H,21,22)(H2,18,19,20);1H. The Morgan fingerprint density at radius 3 is 2.83 bits per heavy atom. The van der Waals surface area contributed by atoms with Crippen LogP contribution in [0.3, 0.4) is 0 Å². The SMILES string of the molecule is CN=C(NCCCc1nc2ccccc2[nH]1)NCc1cccs1.I. The van der Waals surface area contributed by atoms with Crippen molar-refractivity contribution in [2.45, 2.75) is 19.4 Å². The topological polar surface area (TPSA) is 65.1 Å². The zero-order valence-electron chi connectivity index (χ0n) is 13.6. The molecule has 0 aliphatic carbocycles. The minimum atomic E-state index is 0. The van der Waals surface area contributed by atoms with Crippen molar-refractivity contribution >= 4 is 52.3 Å². The summed E-state index contributed by atoms with van der Waals surface area (Å²) in [5, 5.41) is 8.74. The molecule has 0 radical (unpaired) electrons. The Balaban J connectivity index is 0.00000208. The molecule has 3 rings (SSSR count). The molecule has 0 atom stereocenters. The molecular weight excluding hydrogens is 433 g/mol. The van der Waals surface area contributed by atoms with E-state index in [1.807, 2.05) is 18.2 Å². The molecule has 0 saturated heterocycles. The molecule has 128 valence electrons. The van der Waals surface area contributed by atoms with E-state index in [0.29, 0.717) is 0 Å². The maximum Gasteiger partial charge on any atom is 0.191 e. The molecular formula is C17H22IN5S. The molecule has 3 N–H and O–H groups in total. The third-order valence-electron chi connectivity index (χ3n) is 3.55. The van der Waals surface area contributed by atoms with Crippen LogP contribution in [0, 0.1) is 0 Å². The lowest BCUT2D eigenvalue weighted by atomic mass is 10.3. The van der Waals surface area contributed by atoms with Gasteiger partial charge in [-0.1, -0.05) is 18.2 Å². The van der Waals surface area contributed by atoms with Gasteiger partial charge in [0.15, 0.2) is 5.96 Å². The van der Waals surface area contributed by atoms with Gasteiger partial charge in [-0.3, -0.25) is 4.99 Å². The van der Waals surface area contributed by atoms with Gasteiger partial charge >= 0.3 is 0 Å². The van der Waals surface area contributed by atoms with Gasteiger partial charge in [-0.25, -0.2) is 4.98 Å². The van der Waals surface area contributed by atoms with Crippen LogP contribution in [0.2, 0.25) is 0 Å². The summed E-state index contributed by atoms with van der Waals surface area (Å²) < 4.78 is 0. The Kier molecular flexibility index (Phi) is 7.51. The van der Waals surface area contributed by atoms with Gasteiger partial charge in [0, 0.05) is 24.9 Å². The molecule has 5 nitrogen and oxygen atoms in total. The number of aliphatic imine (C=N–C) groups is 1. The Morgan fingerprint density at radius 2 is 2.08 bits per heavy atom. The van der Waals surface area contributed by atoms with E-state index in [4.69, 9.17) is 0 Å². The van der Waals surface area contributed by atoms with Gasteiger partial charge in [-0.15, -0.1) is 35.3 Å². The fraction of sp³-hybridized carbons (Fsp3) is 0.294. The molecule has 2 aromatic heterocycles. The van der Waals surface area contributed by atoms with Crippen LogP contribution in [0.4, 0.5) is 0 Å². The highest BCUT2D eigenvalue weighted by atomic mass is 127. The second kappa shape index (κ2) is 9.63. The molecule has 2 heterocycles. The molecule has 0 unspecified atom stereocenters. The number of halogens is 1. The van der Waals surface area contributed by atoms with E-state index in [-0.39, 0.29) is 24.0 Å². The smallest absolute Gasteiger partial charge is 0.191 e. The van der Waals surface area contributed by atoms with Crippen molar-refractivity contribution in [3.63, 3.8) is 0 Å². The summed E-state index contributed by atoms with van der Waals surface area (Å²) in [6.07, 6.45) is 1.92. The van der Waals surface area contributed by atoms with Crippen LogP contribution >= 0.6 is 35.3 Å². The number of fused-ring (bicyclic) bond motifs is 1. The first-order chi connectivity index (χ1) is 11.3. The van der Waals surface area contributed by atoms with Gasteiger partial charge in [-0.05, 0) is 30.0 Å². The van der Waals surface area contributed by atoms with E-state index in [2.05, 4.69) is 49.2 Å². The van der Waals surface area contributed by atoms with Crippen LogP contribution in [0.1, 0.15) is 17.1 Å². The van der Waals surface area contributed by atoms with E-state index in [0.717, 1.165) is 48.7 Å². The molecule has 0 saturated carbocycles. The predicted octanol–water partition coefficient (Wildman–Crippen LogP) is 3.54. The number of nitrogens with one attached hydrogen (secondary N) is 3. The van der Waals surface area contributed by atoms with Crippen LogP contribution in [-0.4, -0.2) is 29.5 Å². The van der Waals surface area contributed by atoms with Crippen LogP contribution < -0.4 is 10.6 Å². The summed E-state index contributed by atoms with van der Waals surface area (Å²) in [5.41, 5.74) is 2.13. The third-order valence-corrected chi connectivity index (χ3v) is 4.43. The summed E-state index contributed by atoms with van der Waals surface area (Å²) in [7, 11) is 1.79. The number of rotatable bonds is 6. The number of aryl methyl sites for hydroxylation is 1. The third kappa shape index (κ3) is 5.20. The first-order valence-electron chi connectivity index (χ1n) is 7.75. The second-order valence-electron chi connectivity index (χ2n) is 5.24. The van der Waals surface area contributed by atoms with Crippen LogP contribution in [0.5, 0.6) is 0 Å². The summed E-state index contributed by atoms with van der Waals surface area (Å²) in [6.45, 7) is 1.67. The van der Waals surface area contributed by atoms with E-state index in [9.17, 15) is 0 Å². The number of hydrogen-bond acceptors (Lipinski definition) is 3. The second-order valence-corrected chi connectivity index (χ2v) is 6.27. The molecule has 0 aliphatic rings. The zero-order valence-corrected chi connectivity index (χ0v) is 16.7. The lowest BCUT2D eigenvalue weighted by Crippen LogP contribution is -2.37. The predicted molar refractivity (Wildman–Crippen MR) is 112 cm³/mol. The Morgan fingerprint density at radius 1 is 1.21 bits per heavy atom. The van der Waals surface area contributed by atoms with E-state index >= 15 is 0 Å². The Bertz CT molecular complexity index is 733. The summed E-state index contributed by atoms with van der Waals surface area (Å²) >= 11 is 1.75. The number of H-pyrrole nitrogens is 1. The molecule has 1 aromatic carbocycles. The van der Waals surface area contributed by atoms with E-state index in [1.54, 1.807) is 18.4 Å². The monoisotopic (exact) mass is 455 g/mol. The average Bonchev–Trinajstić information content (AvgIpc) is 3.23. The van der Waals surface area contributed by atoms with Gasteiger partial charge in [0.1, 0.15) is 5.82 Å². The minimum Gasteiger partial charge on any atom is -0.356 e. The maximum absolute atomic E-state index is 4.59. The normalized spacial score (nSPS) is 11.3.